The van der Waals surface area contributed by atoms with Crippen LogP contribution in [0.2, 0.25) is 5.02 Å². The van der Waals surface area contributed by atoms with Crippen LogP contribution in [-0.2, 0) is 5.33 Å². The van der Waals surface area contributed by atoms with Crippen molar-refractivity contribution < 1.29 is 5.11 Å². The van der Waals surface area contributed by atoms with Gasteiger partial charge in [0.05, 0.1) is 0 Å². The lowest BCUT2D eigenvalue weighted by Gasteiger charge is -2.04. The van der Waals surface area contributed by atoms with Crippen molar-refractivity contribution in [2.45, 2.75) is 5.33 Å². The lowest BCUT2D eigenvalue weighted by molar-refractivity contribution is 0.467. The fourth-order valence-electron chi connectivity index (χ4n) is 1.82. The van der Waals surface area contributed by atoms with Gasteiger partial charge in [-0.05, 0) is 35.9 Å². The Balaban J connectivity index is 2.13. The maximum Gasteiger partial charge on any atom is 0.143 e. The zero-order chi connectivity index (χ0) is 13.4. The highest BCUT2D eigenvalue weighted by atomic mass is 79.9. The number of hydrogen-bond donors (Lipinski definition) is 1. The molecule has 6 heteroatoms. The van der Waals surface area contributed by atoms with E-state index in [1.54, 1.807) is 30.3 Å². The zero-order valence-electron chi connectivity index (χ0n) is 9.72. The first-order valence-electron chi connectivity index (χ1n) is 5.58. The normalized spacial score (nSPS) is 11.1. The van der Waals surface area contributed by atoms with Crippen molar-refractivity contribution >= 4 is 38.6 Å². The summed E-state index contributed by atoms with van der Waals surface area (Å²) in [6.45, 7) is 0. The molecule has 1 aromatic heterocycles. The third kappa shape index (κ3) is 2.31. The molecule has 3 aromatic rings. The minimum Gasteiger partial charge on any atom is -0.506 e. The molecule has 4 nitrogen and oxygen atoms in total. The van der Waals surface area contributed by atoms with Crippen LogP contribution in [0.25, 0.3) is 16.7 Å². The molecule has 19 heavy (non-hydrogen) atoms. The molecule has 0 bridgehead atoms. The molecule has 0 aliphatic rings. The van der Waals surface area contributed by atoms with Crippen molar-refractivity contribution in [3.05, 3.63) is 47.0 Å². The van der Waals surface area contributed by atoms with E-state index in [-0.39, 0.29) is 5.75 Å². The van der Waals surface area contributed by atoms with E-state index in [1.807, 2.05) is 6.07 Å². The molecule has 96 valence electrons. The molecule has 0 fully saturated rings. The Morgan fingerprint density at radius 3 is 2.63 bits per heavy atom. The molecule has 0 saturated carbocycles. The van der Waals surface area contributed by atoms with Gasteiger partial charge in [0.2, 0.25) is 0 Å². The first kappa shape index (κ1) is 12.4. The van der Waals surface area contributed by atoms with Crippen molar-refractivity contribution in [3.8, 4) is 11.4 Å². The summed E-state index contributed by atoms with van der Waals surface area (Å²) in [5.74, 6) is 0.142. The number of aromatic nitrogens is 3. The van der Waals surface area contributed by atoms with Gasteiger partial charge in [0.15, 0.2) is 0 Å². The first-order valence-corrected chi connectivity index (χ1v) is 7.08. The summed E-state index contributed by atoms with van der Waals surface area (Å²) in [5.41, 5.74) is 2.95. The smallest absolute Gasteiger partial charge is 0.143 e. The standard InChI is InChI=1S/C13H9BrClN3O/c14-7-8-1-4-12(13(19)5-8)18-16-10-3-2-9(15)6-11(10)17-18/h1-6,19H,7H2. The second kappa shape index (κ2) is 4.83. The maximum atomic E-state index is 10.0. The predicted molar refractivity (Wildman–Crippen MR) is 78.2 cm³/mol. The van der Waals surface area contributed by atoms with E-state index in [0.717, 1.165) is 11.1 Å². The monoisotopic (exact) mass is 337 g/mol. The number of nitrogens with zero attached hydrogens (tertiary/aromatic N) is 3. The Kier molecular flexibility index (Phi) is 3.16. The van der Waals surface area contributed by atoms with Crippen LogP contribution < -0.4 is 0 Å². The molecule has 0 aliphatic carbocycles. The molecular weight excluding hydrogens is 330 g/mol. The van der Waals surface area contributed by atoms with Gasteiger partial charge in [0.25, 0.3) is 0 Å². The third-order valence-corrected chi connectivity index (χ3v) is 3.63. The van der Waals surface area contributed by atoms with Crippen LogP contribution in [0.5, 0.6) is 5.75 Å². The number of aromatic hydroxyl groups is 1. The summed E-state index contributed by atoms with van der Waals surface area (Å²) >= 11 is 9.26. The van der Waals surface area contributed by atoms with E-state index in [4.69, 9.17) is 11.6 Å². The van der Waals surface area contributed by atoms with Crippen LogP contribution in [0.1, 0.15) is 5.56 Å². The molecule has 1 heterocycles. The Hall–Kier alpha value is -1.59. The minimum atomic E-state index is 0.142. The SMILES string of the molecule is Oc1cc(CBr)ccc1-n1nc2ccc(Cl)cc2n1. The number of fused-ring (bicyclic) bond motifs is 1. The molecule has 0 saturated heterocycles. The average molecular weight is 339 g/mol. The molecule has 0 atom stereocenters. The van der Waals surface area contributed by atoms with Crippen LogP contribution in [0, 0.1) is 0 Å². The highest BCUT2D eigenvalue weighted by Crippen LogP contribution is 2.24. The van der Waals surface area contributed by atoms with Crippen LogP contribution in [0.15, 0.2) is 36.4 Å². The summed E-state index contributed by atoms with van der Waals surface area (Å²) in [4.78, 5) is 1.41. The van der Waals surface area contributed by atoms with Gasteiger partial charge in [0, 0.05) is 10.4 Å². The minimum absolute atomic E-state index is 0.142. The van der Waals surface area contributed by atoms with Gasteiger partial charge in [-0.2, -0.15) is 0 Å². The Morgan fingerprint density at radius 2 is 1.89 bits per heavy atom. The number of phenolic OH excluding ortho intramolecular Hbond substituents is 1. The van der Waals surface area contributed by atoms with Crippen molar-refractivity contribution in [2.75, 3.05) is 0 Å². The largest absolute Gasteiger partial charge is 0.506 e. The molecule has 0 unspecified atom stereocenters. The highest BCUT2D eigenvalue weighted by molar-refractivity contribution is 9.08. The van der Waals surface area contributed by atoms with E-state index in [9.17, 15) is 5.11 Å². The van der Waals surface area contributed by atoms with Gasteiger partial charge in [0.1, 0.15) is 22.5 Å². The molecule has 2 aromatic carbocycles. The van der Waals surface area contributed by atoms with Gasteiger partial charge >= 0.3 is 0 Å². The number of phenols is 1. The lowest BCUT2D eigenvalue weighted by atomic mass is 10.2. The van der Waals surface area contributed by atoms with Crippen molar-refractivity contribution in [2.24, 2.45) is 0 Å². The van der Waals surface area contributed by atoms with E-state index in [2.05, 4.69) is 26.1 Å². The molecule has 0 spiro atoms. The number of halogens is 2. The fraction of sp³-hybridized carbons (Fsp3) is 0.0769. The highest BCUT2D eigenvalue weighted by Gasteiger charge is 2.09. The van der Waals surface area contributed by atoms with Gasteiger partial charge in [-0.25, -0.2) is 0 Å². The van der Waals surface area contributed by atoms with Gasteiger partial charge in [-0.15, -0.1) is 15.0 Å². The number of rotatable bonds is 2. The molecule has 0 radical (unpaired) electrons. The number of alkyl halides is 1. The zero-order valence-corrected chi connectivity index (χ0v) is 12.1. The summed E-state index contributed by atoms with van der Waals surface area (Å²) in [5, 5.41) is 19.9. The number of hydrogen-bond acceptors (Lipinski definition) is 3. The Morgan fingerprint density at radius 1 is 1.11 bits per heavy atom. The van der Waals surface area contributed by atoms with Crippen LogP contribution in [-0.4, -0.2) is 20.1 Å². The van der Waals surface area contributed by atoms with E-state index in [0.29, 0.717) is 21.6 Å². The summed E-state index contributed by atoms with van der Waals surface area (Å²) in [6, 6.07) is 10.7. The Labute approximate surface area is 122 Å². The molecule has 0 amide bonds. The van der Waals surface area contributed by atoms with Gasteiger partial charge < -0.3 is 5.11 Å². The van der Waals surface area contributed by atoms with Crippen LogP contribution in [0.3, 0.4) is 0 Å². The molecular formula is C13H9BrClN3O. The summed E-state index contributed by atoms with van der Waals surface area (Å²) in [6.07, 6.45) is 0. The first-order chi connectivity index (χ1) is 9.17. The average Bonchev–Trinajstić information content (AvgIpc) is 2.81. The third-order valence-electron chi connectivity index (χ3n) is 2.75. The van der Waals surface area contributed by atoms with Gasteiger partial charge in [-0.1, -0.05) is 33.6 Å². The van der Waals surface area contributed by atoms with Crippen LogP contribution >= 0.6 is 27.5 Å². The summed E-state index contributed by atoms with van der Waals surface area (Å²) in [7, 11) is 0. The molecule has 1 N–H and O–H groups in total. The maximum absolute atomic E-state index is 10.0. The van der Waals surface area contributed by atoms with Crippen molar-refractivity contribution in [1.29, 1.82) is 0 Å². The second-order valence-electron chi connectivity index (χ2n) is 4.08. The quantitative estimate of drug-likeness (QED) is 0.725. The lowest BCUT2D eigenvalue weighted by Crippen LogP contribution is -1.99. The van der Waals surface area contributed by atoms with E-state index < -0.39 is 0 Å². The molecule has 3 rings (SSSR count). The topological polar surface area (TPSA) is 50.9 Å². The van der Waals surface area contributed by atoms with Crippen molar-refractivity contribution in [1.82, 2.24) is 15.0 Å². The van der Waals surface area contributed by atoms with Gasteiger partial charge in [-0.3, -0.25) is 0 Å². The van der Waals surface area contributed by atoms with Crippen molar-refractivity contribution in [3.63, 3.8) is 0 Å². The van der Waals surface area contributed by atoms with E-state index in [1.165, 1.54) is 4.80 Å². The Bertz CT molecular complexity index is 757. The van der Waals surface area contributed by atoms with Crippen LogP contribution in [0.4, 0.5) is 0 Å². The number of benzene rings is 2. The summed E-state index contributed by atoms with van der Waals surface area (Å²) < 4.78 is 0. The fourth-order valence-corrected chi connectivity index (χ4v) is 2.33. The van der Waals surface area contributed by atoms with E-state index >= 15 is 0 Å². The second-order valence-corrected chi connectivity index (χ2v) is 5.08. The molecule has 0 aliphatic heterocycles. The predicted octanol–water partition coefficient (Wildman–Crippen LogP) is 3.67.